The molecule has 2 aromatic heterocycles. The average Bonchev–Trinajstić information content (AvgIpc) is 3.34. The van der Waals surface area contributed by atoms with Crippen LogP contribution in [0.4, 0.5) is 0 Å². The molecule has 2 unspecified atom stereocenters. The summed E-state index contributed by atoms with van der Waals surface area (Å²) in [5.74, 6) is 0.0311. The smallest absolute Gasteiger partial charge is 0.261 e. The van der Waals surface area contributed by atoms with Crippen molar-refractivity contribution in [3.8, 4) is 9.88 Å². The second-order valence-electron chi connectivity index (χ2n) is 7.85. The molecule has 1 aliphatic carbocycles. The van der Waals surface area contributed by atoms with Gasteiger partial charge in [0.25, 0.3) is 5.91 Å². The maximum absolute atomic E-state index is 12.8. The number of nitrogens with one attached hydrogen (secondary N) is 2. The number of nitrogens with zero attached hydrogens (tertiary/aromatic N) is 1. The third-order valence-electron chi connectivity index (χ3n) is 5.15. The van der Waals surface area contributed by atoms with E-state index in [1.807, 2.05) is 44.2 Å². The molecule has 2 atom stereocenters. The molecule has 2 heterocycles. The van der Waals surface area contributed by atoms with Crippen molar-refractivity contribution in [2.24, 2.45) is 5.92 Å². The molecule has 1 saturated carbocycles. The summed E-state index contributed by atoms with van der Waals surface area (Å²) < 4.78 is 1.15. The van der Waals surface area contributed by atoms with Gasteiger partial charge in [-0.3, -0.25) is 9.59 Å². The van der Waals surface area contributed by atoms with Crippen LogP contribution in [0.5, 0.6) is 0 Å². The fourth-order valence-electron chi connectivity index (χ4n) is 3.77. The molecule has 1 aliphatic rings. The molecule has 0 spiro atoms. The average molecular weight is 428 g/mol. The van der Waals surface area contributed by atoms with E-state index in [4.69, 9.17) is 0 Å². The zero-order valence-corrected chi connectivity index (χ0v) is 18.2. The summed E-state index contributed by atoms with van der Waals surface area (Å²) in [7, 11) is 0. The molecule has 2 N–H and O–H groups in total. The number of benzene rings is 1. The van der Waals surface area contributed by atoms with E-state index in [0.29, 0.717) is 11.3 Å². The van der Waals surface area contributed by atoms with Crippen LogP contribution in [0.1, 0.15) is 49.2 Å². The predicted octanol–water partition coefficient (Wildman–Crippen LogP) is 4.84. The van der Waals surface area contributed by atoms with E-state index in [-0.39, 0.29) is 29.8 Å². The molecule has 0 saturated heterocycles. The first-order valence-corrected chi connectivity index (χ1v) is 11.7. The Balaban J connectivity index is 1.40. The Morgan fingerprint density at radius 1 is 1.10 bits per heavy atom. The SMILES string of the molecule is CC(C)NC(=O)C1CCCC(NC(=O)c2ccc(-c3nc4ccccc4s3)s2)C1. The van der Waals surface area contributed by atoms with Gasteiger partial charge in [0.1, 0.15) is 5.01 Å². The lowest BCUT2D eigenvalue weighted by molar-refractivity contribution is -0.126. The Bertz CT molecular complexity index is 991. The van der Waals surface area contributed by atoms with Crippen molar-refractivity contribution >= 4 is 44.7 Å². The lowest BCUT2D eigenvalue weighted by Crippen LogP contribution is -2.43. The maximum atomic E-state index is 12.8. The minimum Gasteiger partial charge on any atom is -0.354 e. The van der Waals surface area contributed by atoms with Gasteiger partial charge in [-0.1, -0.05) is 18.6 Å². The summed E-state index contributed by atoms with van der Waals surface area (Å²) in [6.45, 7) is 3.94. The summed E-state index contributed by atoms with van der Waals surface area (Å²) in [4.78, 5) is 31.5. The Labute approximate surface area is 178 Å². The van der Waals surface area contributed by atoms with Crippen LogP contribution in [-0.2, 0) is 4.79 Å². The molecule has 3 aromatic rings. The Morgan fingerprint density at radius 3 is 2.72 bits per heavy atom. The lowest BCUT2D eigenvalue weighted by atomic mass is 9.85. The van der Waals surface area contributed by atoms with Gasteiger partial charge in [-0.25, -0.2) is 4.98 Å². The molecule has 0 radical (unpaired) electrons. The number of hydrogen-bond acceptors (Lipinski definition) is 5. The van der Waals surface area contributed by atoms with Gasteiger partial charge in [0.05, 0.1) is 20.0 Å². The fraction of sp³-hybridized carbons (Fsp3) is 0.409. The molecule has 152 valence electrons. The van der Waals surface area contributed by atoms with E-state index in [0.717, 1.165) is 39.4 Å². The van der Waals surface area contributed by atoms with E-state index >= 15 is 0 Å². The van der Waals surface area contributed by atoms with Crippen molar-refractivity contribution in [1.82, 2.24) is 15.6 Å². The van der Waals surface area contributed by atoms with E-state index in [1.165, 1.54) is 11.3 Å². The van der Waals surface area contributed by atoms with Crippen LogP contribution < -0.4 is 10.6 Å². The number of fused-ring (bicyclic) bond motifs is 1. The molecule has 29 heavy (non-hydrogen) atoms. The maximum Gasteiger partial charge on any atom is 0.261 e. The van der Waals surface area contributed by atoms with E-state index in [1.54, 1.807) is 11.3 Å². The summed E-state index contributed by atoms with van der Waals surface area (Å²) in [6.07, 6.45) is 3.49. The molecular weight excluding hydrogens is 402 g/mol. The molecule has 1 fully saturated rings. The monoisotopic (exact) mass is 427 g/mol. The Kier molecular flexibility index (Phi) is 5.96. The highest BCUT2D eigenvalue weighted by molar-refractivity contribution is 7.26. The number of para-hydroxylation sites is 1. The number of thiazole rings is 1. The molecule has 1 aromatic carbocycles. The van der Waals surface area contributed by atoms with Gasteiger partial charge < -0.3 is 10.6 Å². The van der Waals surface area contributed by atoms with Crippen LogP contribution in [0.15, 0.2) is 36.4 Å². The predicted molar refractivity (Wildman–Crippen MR) is 119 cm³/mol. The third-order valence-corrected chi connectivity index (χ3v) is 7.44. The standard InChI is InChI=1S/C22H25N3O2S2/c1-13(2)23-20(26)14-6-5-7-15(12-14)24-21(27)18-10-11-19(28-18)22-25-16-8-3-4-9-17(16)29-22/h3-4,8-11,13-15H,5-7,12H2,1-2H3,(H,23,26)(H,24,27). The fourth-order valence-corrected chi connectivity index (χ4v) is 5.70. The van der Waals surface area contributed by atoms with Gasteiger partial charge in [0.2, 0.25) is 5.91 Å². The van der Waals surface area contributed by atoms with Gasteiger partial charge >= 0.3 is 0 Å². The number of hydrogen-bond donors (Lipinski definition) is 2. The zero-order chi connectivity index (χ0) is 20.4. The van der Waals surface area contributed by atoms with E-state index in [2.05, 4.69) is 21.7 Å². The zero-order valence-electron chi connectivity index (χ0n) is 16.6. The first kappa shape index (κ1) is 20.0. The van der Waals surface area contributed by atoms with Crippen LogP contribution in [0.3, 0.4) is 0 Å². The lowest BCUT2D eigenvalue weighted by Gasteiger charge is -2.29. The topological polar surface area (TPSA) is 71.1 Å². The van der Waals surface area contributed by atoms with Crippen molar-refractivity contribution in [1.29, 1.82) is 0 Å². The molecule has 5 nitrogen and oxygen atoms in total. The van der Waals surface area contributed by atoms with E-state index in [9.17, 15) is 9.59 Å². The molecule has 0 aliphatic heterocycles. The number of amides is 2. The largest absolute Gasteiger partial charge is 0.354 e. The summed E-state index contributed by atoms with van der Waals surface area (Å²) in [6, 6.07) is 12.1. The van der Waals surface area contributed by atoms with Crippen molar-refractivity contribution in [2.45, 2.75) is 51.6 Å². The quantitative estimate of drug-likeness (QED) is 0.612. The second-order valence-corrected chi connectivity index (χ2v) is 9.96. The van der Waals surface area contributed by atoms with Crippen LogP contribution in [-0.4, -0.2) is 28.9 Å². The highest BCUT2D eigenvalue weighted by atomic mass is 32.1. The van der Waals surface area contributed by atoms with Crippen molar-refractivity contribution in [3.63, 3.8) is 0 Å². The van der Waals surface area contributed by atoms with Gasteiger partial charge in [0, 0.05) is 18.0 Å². The van der Waals surface area contributed by atoms with Crippen LogP contribution in [0, 0.1) is 5.92 Å². The van der Waals surface area contributed by atoms with Gasteiger partial charge in [-0.05, 0) is 57.4 Å². The summed E-state index contributed by atoms with van der Waals surface area (Å²) in [5.41, 5.74) is 0.986. The third kappa shape index (κ3) is 4.67. The molecule has 2 amide bonds. The highest BCUT2D eigenvalue weighted by Crippen LogP contribution is 2.34. The van der Waals surface area contributed by atoms with E-state index < -0.39 is 0 Å². The molecule has 7 heteroatoms. The minimum absolute atomic E-state index is 0.0157. The molecule has 0 bridgehead atoms. The minimum atomic E-state index is -0.0581. The number of rotatable bonds is 5. The Hall–Kier alpha value is -2.25. The number of thiophene rings is 1. The first-order chi connectivity index (χ1) is 14.0. The normalized spacial score (nSPS) is 19.4. The van der Waals surface area contributed by atoms with Crippen molar-refractivity contribution in [2.75, 3.05) is 0 Å². The number of aromatic nitrogens is 1. The first-order valence-electron chi connectivity index (χ1n) is 10.1. The van der Waals surface area contributed by atoms with Gasteiger partial charge in [0.15, 0.2) is 0 Å². The van der Waals surface area contributed by atoms with Crippen molar-refractivity contribution in [3.05, 3.63) is 41.3 Å². The Morgan fingerprint density at radius 2 is 1.93 bits per heavy atom. The molecule has 4 rings (SSSR count). The molecular formula is C22H25N3O2S2. The summed E-state index contributed by atoms with van der Waals surface area (Å²) >= 11 is 3.11. The van der Waals surface area contributed by atoms with Crippen LogP contribution in [0.25, 0.3) is 20.1 Å². The second kappa shape index (κ2) is 8.63. The van der Waals surface area contributed by atoms with Gasteiger partial charge in [-0.2, -0.15) is 0 Å². The highest BCUT2D eigenvalue weighted by Gasteiger charge is 2.28. The van der Waals surface area contributed by atoms with Crippen LogP contribution in [0.2, 0.25) is 0 Å². The number of carbonyl (C=O) groups excluding carboxylic acids is 2. The van der Waals surface area contributed by atoms with Crippen LogP contribution >= 0.6 is 22.7 Å². The summed E-state index contributed by atoms with van der Waals surface area (Å²) in [5, 5.41) is 7.08. The van der Waals surface area contributed by atoms with Gasteiger partial charge in [-0.15, -0.1) is 22.7 Å². The van der Waals surface area contributed by atoms with Crippen molar-refractivity contribution < 1.29 is 9.59 Å². The number of carbonyl (C=O) groups is 2.